The summed E-state index contributed by atoms with van der Waals surface area (Å²) >= 11 is 0. The molecule has 0 saturated carbocycles. The molecular weight excluding hydrogens is 372 g/mol. The van der Waals surface area contributed by atoms with E-state index in [1.54, 1.807) is 39.0 Å². The number of anilines is 1. The highest BCUT2D eigenvalue weighted by Gasteiger charge is 2.27. The molecule has 9 heteroatoms. The van der Waals surface area contributed by atoms with Crippen molar-refractivity contribution < 1.29 is 22.9 Å². The minimum absolute atomic E-state index is 0.167. The van der Waals surface area contributed by atoms with E-state index in [-0.39, 0.29) is 28.4 Å². The molecule has 144 valence electrons. The van der Waals surface area contributed by atoms with Gasteiger partial charge in [0.1, 0.15) is 0 Å². The highest BCUT2D eigenvalue weighted by Crippen LogP contribution is 2.30. The number of nitrogens with zero attached hydrogens (tertiary/aromatic N) is 2. The molecule has 0 amide bonds. The first-order valence-corrected chi connectivity index (χ1v) is 9.56. The summed E-state index contributed by atoms with van der Waals surface area (Å²) in [7, 11) is -2.74. The zero-order valence-electron chi connectivity index (χ0n) is 15.4. The van der Waals surface area contributed by atoms with Crippen LogP contribution in [0.4, 0.5) is 11.4 Å². The number of carbonyl (C=O) groups is 1. The van der Waals surface area contributed by atoms with Crippen molar-refractivity contribution >= 4 is 27.4 Å². The Balaban J connectivity index is 2.56. The number of rotatable bonds is 6. The molecule has 0 unspecified atom stereocenters. The van der Waals surface area contributed by atoms with Gasteiger partial charge in [-0.1, -0.05) is 12.1 Å². The summed E-state index contributed by atoms with van der Waals surface area (Å²) in [6.07, 6.45) is 0. The maximum atomic E-state index is 13.1. The normalized spacial score (nSPS) is 11.1. The van der Waals surface area contributed by atoms with Crippen LogP contribution in [0.2, 0.25) is 0 Å². The number of nitro benzene ring substituents is 1. The van der Waals surface area contributed by atoms with E-state index >= 15 is 0 Å². The van der Waals surface area contributed by atoms with E-state index in [1.807, 2.05) is 0 Å². The van der Waals surface area contributed by atoms with E-state index in [0.29, 0.717) is 11.1 Å². The average molecular weight is 392 g/mol. The summed E-state index contributed by atoms with van der Waals surface area (Å²) in [6, 6.07) is 8.34. The second-order valence-electron chi connectivity index (χ2n) is 5.85. The van der Waals surface area contributed by atoms with Crippen LogP contribution in [0.1, 0.15) is 28.4 Å². The van der Waals surface area contributed by atoms with Gasteiger partial charge in [-0.2, -0.15) is 0 Å². The zero-order valence-corrected chi connectivity index (χ0v) is 16.2. The van der Waals surface area contributed by atoms with Crippen LogP contribution >= 0.6 is 0 Å². The van der Waals surface area contributed by atoms with E-state index in [1.165, 1.54) is 19.2 Å². The summed E-state index contributed by atoms with van der Waals surface area (Å²) in [5.41, 5.74) is 1.04. The molecular formula is C18H20N2O6S. The third-order valence-electron chi connectivity index (χ3n) is 4.16. The van der Waals surface area contributed by atoms with Gasteiger partial charge in [-0.25, -0.2) is 13.2 Å². The van der Waals surface area contributed by atoms with Gasteiger partial charge in [0.2, 0.25) is 0 Å². The predicted molar refractivity (Wildman–Crippen MR) is 101 cm³/mol. The van der Waals surface area contributed by atoms with E-state index in [9.17, 15) is 23.3 Å². The Kier molecular flexibility index (Phi) is 5.85. The van der Waals surface area contributed by atoms with Crippen molar-refractivity contribution in [3.63, 3.8) is 0 Å². The number of hydrogen-bond donors (Lipinski definition) is 0. The van der Waals surface area contributed by atoms with Gasteiger partial charge in [-0.3, -0.25) is 14.4 Å². The van der Waals surface area contributed by atoms with Gasteiger partial charge in [0.05, 0.1) is 27.7 Å². The highest BCUT2D eigenvalue weighted by molar-refractivity contribution is 7.92. The first-order valence-electron chi connectivity index (χ1n) is 8.12. The number of benzene rings is 2. The maximum Gasteiger partial charge on any atom is 0.338 e. The van der Waals surface area contributed by atoms with Crippen molar-refractivity contribution in [3.05, 3.63) is 63.2 Å². The Morgan fingerprint density at radius 1 is 1.22 bits per heavy atom. The molecule has 8 nitrogen and oxygen atoms in total. The third kappa shape index (κ3) is 3.92. The summed E-state index contributed by atoms with van der Waals surface area (Å²) in [4.78, 5) is 22.3. The van der Waals surface area contributed by atoms with Gasteiger partial charge in [-0.05, 0) is 44.0 Å². The Morgan fingerprint density at radius 3 is 2.48 bits per heavy atom. The van der Waals surface area contributed by atoms with Crippen molar-refractivity contribution in [2.45, 2.75) is 25.7 Å². The standard InChI is InChI=1S/C18H20N2O6S/c1-5-26-18(21)15-7-6-8-16(13(15)3)19(4)27(24,25)17-11-14(20(22)23)10-9-12(17)2/h6-11H,5H2,1-4H3. The van der Waals surface area contributed by atoms with E-state index in [0.717, 1.165) is 10.4 Å². The Labute approximate surface area is 157 Å². The van der Waals surface area contributed by atoms with Gasteiger partial charge in [0.15, 0.2) is 0 Å². The van der Waals surface area contributed by atoms with Crippen molar-refractivity contribution in [2.75, 3.05) is 18.0 Å². The molecule has 0 N–H and O–H groups in total. The smallest absolute Gasteiger partial charge is 0.338 e. The monoisotopic (exact) mass is 392 g/mol. The van der Waals surface area contributed by atoms with Gasteiger partial charge in [-0.15, -0.1) is 0 Å². The Hall–Kier alpha value is -2.94. The minimum Gasteiger partial charge on any atom is -0.462 e. The lowest BCUT2D eigenvalue weighted by Crippen LogP contribution is -2.28. The largest absolute Gasteiger partial charge is 0.462 e. The number of non-ortho nitro benzene ring substituents is 1. The predicted octanol–water partition coefficient (Wildman–Crippen LogP) is 3.21. The van der Waals surface area contributed by atoms with Gasteiger partial charge in [0, 0.05) is 19.2 Å². The lowest BCUT2D eigenvalue weighted by molar-refractivity contribution is -0.385. The Bertz CT molecular complexity index is 1000. The summed E-state index contributed by atoms with van der Waals surface area (Å²) in [5, 5.41) is 11.0. The van der Waals surface area contributed by atoms with Crippen LogP contribution in [0.25, 0.3) is 0 Å². The second-order valence-corrected chi connectivity index (χ2v) is 7.79. The molecule has 27 heavy (non-hydrogen) atoms. The molecule has 0 aliphatic rings. The number of carbonyl (C=O) groups excluding carboxylic acids is 1. The lowest BCUT2D eigenvalue weighted by Gasteiger charge is -2.23. The SMILES string of the molecule is CCOC(=O)c1cccc(N(C)S(=O)(=O)c2cc([N+](=O)[O-])ccc2C)c1C. The first-order chi connectivity index (χ1) is 12.6. The number of hydrogen-bond acceptors (Lipinski definition) is 6. The molecule has 2 aromatic rings. The highest BCUT2D eigenvalue weighted by atomic mass is 32.2. The number of esters is 1. The average Bonchev–Trinajstić information content (AvgIpc) is 2.61. The quantitative estimate of drug-likeness (QED) is 0.424. The number of nitro groups is 1. The molecule has 2 rings (SSSR count). The van der Waals surface area contributed by atoms with Gasteiger partial charge in [0.25, 0.3) is 15.7 Å². The fraction of sp³-hybridized carbons (Fsp3) is 0.278. The zero-order chi connectivity index (χ0) is 20.4. The van der Waals surface area contributed by atoms with Crippen LogP contribution in [0.3, 0.4) is 0 Å². The van der Waals surface area contributed by atoms with E-state index in [2.05, 4.69) is 0 Å². The van der Waals surface area contributed by atoms with Crippen molar-refractivity contribution in [2.24, 2.45) is 0 Å². The minimum atomic E-state index is -4.08. The summed E-state index contributed by atoms with van der Waals surface area (Å²) < 4.78 is 32.2. The van der Waals surface area contributed by atoms with Crippen LogP contribution < -0.4 is 4.31 Å². The molecule has 2 aromatic carbocycles. The molecule has 0 heterocycles. The number of sulfonamides is 1. The molecule has 0 spiro atoms. The van der Waals surface area contributed by atoms with E-state index < -0.39 is 20.9 Å². The van der Waals surface area contributed by atoms with Crippen molar-refractivity contribution in [1.29, 1.82) is 0 Å². The number of aryl methyl sites for hydroxylation is 1. The van der Waals surface area contributed by atoms with Gasteiger partial charge >= 0.3 is 5.97 Å². The fourth-order valence-corrected chi connectivity index (χ4v) is 4.15. The first kappa shape index (κ1) is 20.4. The van der Waals surface area contributed by atoms with Crippen LogP contribution in [-0.4, -0.2) is 33.0 Å². The van der Waals surface area contributed by atoms with Gasteiger partial charge < -0.3 is 4.74 Å². The molecule has 0 bridgehead atoms. The summed E-state index contributed by atoms with van der Waals surface area (Å²) in [6.45, 7) is 5.06. The third-order valence-corrected chi connectivity index (χ3v) is 6.07. The van der Waals surface area contributed by atoms with Crippen LogP contribution in [-0.2, 0) is 14.8 Å². The van der Waals surface area contributed by atoms with Crippen LogP contribution in [0.15, 0.2) is 41.3 Å². The van der Waals surface area contributed by atoms with Crippen LogP contribution in [0, 0.1) is 24.0 Å². The number of ether oxygens (including phenoxy) is 1. The summed E-state index contributed by atoms with van der Waals surface area (Å²) in [5.74, 6) is -0.547. The second kappa shape index (κ2) is 7.75. The van der Waals surface area contributed by atoms with Crippen molar-refractivity contribution in [3.8, 4) is 0 Å². The topological polar surface area (TPSA) is 107 Å². The lowest BCUT2D eigenvalue weighted by atomic mass is 10.1. The van der Waals surface area contributed by atoms with E-state index in [4.69, 9.17) is 4.74 Å². The molecule has 0 atom stereocenters. The molecule has 0 radical (unpaired) electrons. The van der Waals surface area contributed by atoms with Crippen molar-refractivity contribution in [1.82, 2.24) is 0 Å². The van der Waals surface area contributed by atoms with Crippen LogP contribution in [0.5, 0.6) is 0 Å². The molecule has 0 aliphatic carbocycles. The molecule has 0 fully saturated rings. The fourth-order valence-electron chi connectivity index (χ4n) is 2.65. The molecule has 0 aromatic heterocycles. The molecule has 0 aliphatic heterocycles. The maximum absolute atomic E-state index is 13.1. The molecule has 0 saturated heterocycles. The Morgan fingerprint density at radius 2 is 1.89 bits per heavy atom.